The molecule has 0 radical (unpaired) electrons. The molecule has 0 saturated carbocycles. The van der Waals surface area contributed by atoms with Gasteiger partial charge in [0.25, 0.3) is 0 Å². The summed E-state index contributed by atoms with van der Waals surface area (Å²) in [6.07, 6.45) is 11.3. The zero-order valence-electron chi connectivity index (χ0n) is 18.1. The first-order valence-electron chi connectivity index (χ1n) is 9.33. The van der Waals surface area contributed by atoms with Crippen molar-refractivity contribution < 1.29 is 13.7 Å². The van der Waals surface area contributed by atoms with Gasteiger partial charge in [0.1, 0.15) is 0 Å². The summed E-state index contributed by atoms with van der Waals surface area (Å²) in [5.41, 5.74) is -0.0916. The topological polar surface area (TPSA) is 47.9 Å². The zero-order valence-corrected chi connectivity index (χ0v) is 19.7. The molecule has 0 fully saturated rings. The van der Waals surface area contributed by atoms with Gasteiger partial charge in [-0.3, -0.25) is 4.99 Å². The third-order valence-electron chi connectivity index (χ3n) is 4.81. The number of hydrogen-bond acceptors (Lipinski definition) is 4. The Morgan fingerprint density at radius 1 is 1.14 bits per heavy atom. The number of ether oxygens (including phenoxy) is 1. The molecule has 158 valence electrons. The van der Waals surface area contributed by atoms with Gasteiger partial charge in [-0.15, -0.1) is 10.3 Å². The monoisotopic (exact) mass is 427 g/mol. The van der Waals surface area contributed by atoms with E-state index < -0.39 is 15.8 Å². The number of rotatable bonds is 9. The fourth-order valence-electron chi connectivity index (χ4n) is 2.11. The third kappa shape index (κ3) is 7.61. The van der Waals surface area contributed by atoms with Gasteiger partial charge < -0.3 is 8.92 Å². The summed E-state index contributed by atoms with van der Waals surface area (Å²) >= 11 is 5.90. The maximum Gasteiger partial charge on any atom is 0.333 e. The first-order valence-corrected chi connectivity index (χ1v) is 12.1. The molecule has 0 aliphatic carbocycles. The highest BCUT2D eigenvalue weighted by Crippen LogP contribution is 2.53. The van der Waals surface area contributed by atoms with Gasteiger partial charge in [0.2, 0.25) is 0 Å². The van der Waals surface area contributed by atoms with E-state index >= 15 is 0 Å². The van der Waals surface area contributed by atoms with Gasteiger partial charge in [-0.05, 0) is 43.6 Å². The molecule has 0 aliphatic rings. The number of esters is 1. The summed E-state index contributed by atoms with van der Waals surface area (Å²) in [6, 6.07) is 7.30. The van der Waals surface area contributed by atoms with Crippen molar-refractivity contribution in [2.45, 2.75) is 50.8 Å². The van der Waals surface area contributed by atoms with Crippen LogP contribution in [0.1, 0.15) is 46.1 Å². The van der Waals surface area contributed by atoms with Crippen LogP contribution >= 0.6 is 21.9 Å². The standard InChI is InChI=1S/C22H34ClNO3S/c1-21(2,3)28(6,7)27-16-10-8-9-15-22(4,20(25)26-5)24-17-18-11-13-19(23)14-12-18/h8-9,11-14,17H,10,15-16H2,1-7H3/b9-8-,24-17?. The number of aliphatic imine (C=N–C) groups is 1. The molecule has 28 heavy (non-hydrogen) atoms. The summed E-state index contributed by atoms with van der Waals surface area (Å²) in [4.78, 5) is 16.8. The van der Waals surface area contributed by atoms with E-state index in [2.05, 4.69) is 38.3 Å². The van der Waals surface area contributed by atoms with E-state index in [-0.39, 0.29) is 10.7 Å². The van der Waals surface area contributed by atoms with Gasteiger partial charge in [-0.2, -0.15) is 0 Å². The average Bonchev–Trinajstić information content (AvgIpc) is 2.62. The van der Waals surface area contributed by atoms with Crippen LogP contribution in [0.5, 0.6) is 0 Å². The van der Waals surface area contributed by atoms with Crippen LogP contribution in [0.4, 0.5) is 0 Å². The fraction of sp³-hybridized carbons (Fsp3) is 0.545. The molecule has 0 amide bonds. The van der Waals surface area contributed by atoms with E-state index in [1.807, 2.05) is 24.3 Å². The predicted octanol–water partition coefficient (Wildman–Crippen LogP) is 5.82. The lowest BCUT2D eigenvalue weighted by atomic mass is 9.98. The molecule has 0 heterocycles. The van der Waals surface area contributed by atoms with Gasteiger partial charge in [0.05, 0.1) is 13.7 Å². The predicted molar refractivity (Wildman–Crippen MR) is 123 cm³/mol. The van der Waals surface area contributed by atoms with Crippen LogP contribution in [0.3, 0.4) is 0 Å². The molecule has 1 unspecified atom stereocenters. The number of carbonyl (C=O) groups is 1. The van der Waals surface area contributed by atoms with Gasteiger partial charge >= 0.3 is 5.97 Å². The molecule has 1 aromatic carbocycles. The van der Waals surface area contributed by atoms with Gasteiger partial charge in [-0.25, -0.2) is 4.79 Å². The van der Waals surface area contributed by atoms with Gasteiger partial charge in [0.15, 0.2) is 5.54 Å². The largest absolute Gasteiger partial charge is 0.467 e. The summed E-state index contributed by atoms with van der Waals surface area (Å²) in [6.45, 7) is 9.06. The molecule has 0 aliphatic heterocycles. The first-order chi connectivity index (χ1) is 12.9. The molecule has 0 N–H and O–H groups in total. The van der Waals surface area contributed by atoms with Gasteiger partial charge in [0, 0.05) is 22.4 Å². The number of nitrogens with zero attached hydrogens (tertiary/aromatic N) is 1. The molecule has 0 bridgehead atoms. The highest BCUT2D eigenvalue weighted by molar-refractivity contribution is 8.29. The molecular formula is C22H34ClNO3S. The minimum absolute atomic E-state index is 0.149. The van der Waals surface area contributed by atoms with Crippen molar-refractivity contribution in [2.24, 2.45) is 4.99 Å². The molecule has 6 heteroatoms. The van der Waals surface area contributed by atoms with Crippen molar-refractivity contribution in [3.05, 3.63) is 47.0 Å². The Hall–Kier alpha value is -1.30. The van der Waals surface area contributed by atoms with Crippen LogP contribution in [0.25, 0.3) is 0 Å². The number of carbonyl (C=O) groups excluding carboxylic acids is 1. The second kappa shape index (κ2) is 10.5. The first kappa shape index (κ1) is 24.7. The number of hydrogen-bond donors (Lipinski definition) is 0. The Morgan fingerprint density at radius 3 is 2.29 bits per heavy atom. The van der Waals surface area contributed by atoms with Crippen LogP contribution in [-0.4, -0.2) is 48.7 Å². The summed E-state index contributed by atoms with van der Waals surface area (Å²) in [5.74, 6) is -0.364. The quantitative estimate of drug-likeness (QED) is 0.216. The second-order valence-electron chi connectivity index (χ2n) is 8.21. The molecule has 0 aromatic heterocycles. The lowest BCUT2D eigenvalue weighted by Gasteiger charge is -2.43. The lowest BCUT2D eigenvalue weighted by molar-refractivity contribution is -0.146. The Labute approximate surface area is 176 Å². The van der Waals surface area contributed by atoms with E-state index in [0.29, 0.717) is 18.1 Å². The fourth-order valence-corrected chi connectivity index (χ4v) is 3.10. The number of halogens is 1. The highest BCUT2D eigenvalue weighted by Gasteiger charge is 2.32. The van der Waals surface area contributed by atoms with E-state index in [1.165, 1.54) is 7.11 Å². The van der Waals surface area contributed by atoms with Crippen molar-refractivity contribution in [2.75, 3.05) is 26.2 Å². The van der Waals surface area contributed by atoms with Crippen LogP contribution in [0.2, 0.25) is 5.02 Å². The Kier molecular flexibility index (Phi) is 9.25. The van der Waals surface area contributed by atoms with Crippen LogP contribution < -0.4 is 0 Å². The molecule has 4 nitrogen and oxygen atoms in total. The number of benzene rings is 1. The summed E-state index contributed by atoms with van der Waals surface area (Å²) in [5, 5.41) is 0.662. The van der Waals surface area contributed by atoms with E-state index in [1.54, 1.807) is 25.3 Å². The van der Waals surface area contributed by atoms with E-state index in [0.717, 1.165) is 12.0 Å². The minimum atomic E-state index is -1.11. The lowest BCUT2D eigenvalue weighted by Crippen LogP contribution is -2.34. The van der Waals surface area contributed by atoms with Crippen LogP contribution in [0, 0.1) is 0 Å². The molecule has 0 spiro atoms. The van der Waals surface area contributed by atoms with Crippen LogP contribution in [0.15, 0.2) is 41.4 Å². The smallest absolute Gasteiger partial charge is 0.333 e. The summed E-state index contributed by atoms with van der Waals surface area (Å²) < 4.78 is 11.2. The maximum absolute atomic E-state index is 12.3. The molecule has 1 aromatic rings. The van der Waals surface area contributed by atoms with E-state index in [9.17, 15) is 4.79 Å². The van der Waals surface area contributed by atoms with E-state index in [4.69, 9.17) is 20.5 Å². The summed E-state index contributed by atoms with van der Waals surface area (Å²) in [7, 11) is 0.268. The normalized spacial score (nSPS) is 15.7. The van der Waals surface area contributed by atoms with Crippen molar-refractivity contribution in [1.29, 1.82) is 0 Å². The molecular weight excluding hydrogens is 394 g/mol. The van der Waals surface area contributed by atoms with Crippen molar-refractivity contribution >= 4 is 34.1 Å². The Bertz CT molecular complexity index is 693. The zero-order chi connectivity index (χ0) is 21.4. The molecule has 1 atom stereocenters. The third-order valence-corrected chi connectivity index (χ3v) is 8.77. The average molecular weight is 428 g/mol. The number of methoxy groups -OCH3 is 1. The Balaban J connectivity index is 2.67. The van der Waals surface area contributed by atoms with Crippen LogP contribution in [-0.2, 0) is 13.7 Å². The highest BCUT2D eigenvalue weighted by atomic mass is 35.5. The van der Waals surface area contributed by atoms with Crippen molar-refractivity contribution in [3.63, 3.8) is 0 Å². The maximum atomic E-state index is 12.3. The van der Waals surface area contributed by atoms with Crippen molar-refractivity contribution in [1.82, 2.24) is 0 Å². The SMILES string of the molecule is COC(=O)C(C)(C/C=C\CCOS(C)(C)C(C)(C)C)N=Cc1ccc(Cl)cc1. The molecule has 1 rings (SSSR count). The van der Waals surface area contributed by atoms with Gasteiger partial charge in [-0.1, -0.05) is 56.7 Å². The van der Waals surface area contributed by atoms with Crippen molar-refractivity contribution in [3.8, 4) is 0 Å². The molecule has 0 saturated heterocycles. The second-order valence-corrected chi connectivity index (χ2v) is 12.6. The minimum Gasteiger partial charge on any atom is -0.467 e. The Morgan fingerprint density at radius 2 is 1.75 bits per heavy atom.